The van der Waals surface area contributed by atoms with Crippen molar-refractivity contribution in [1.29, 1.82) is 10.5 Å². The smallest absolute Gasteiger partial charge is 0.231 e. The third-order valence-corrected chi connectivity index (χ3v) is 6.09. The molecular weight excluding hydrogens is 366 g/mol. The summed E-state index contributed by atoms with van der Waals surface area (Å²) in [6.07, 6.45) is 3.80. The van der Waals surface area contributed by atoms with Gasteiger partial charge >= 0.3 is 0 Å². The number of nitriles is 2. The van der Waals surface area contributed by atoms with Gasteiger partial charge in [-0.25, -0.2) is 0 Å². The number of nitrogens with zero attached hydrogens (tertiary/aromatic N) is 3. The second-order valence-electron chi connectivity index (χ2n) is 7.51. The largest absolute Gasteiger partial charge is 0.454 e. The van der Waals surface area contributed by atoms with Crippen LogP contribution in [0, 0.1) is 28.1 Å². The van der Waals surface area contributed by atoms with Crippen LogP contribution in [-0.2, 0) is 4.79 Å². The molecule has 0 amide bonds. The van der Waals surface area contributed by atoms with E-state index in [9.17, 15) is 15.3 Å². The molecule has 0 unspecified atom stereocenters. The highest BCUT2D eigenvalue weighted by atomic mass is 16.7. The van der Waals surface area contributed by atoms with E-state index in [1.807, 2.05) is 47.4 Å². The Morgan fingerprint density at radius 2 is 1.90 bits per heavy atom. The van der Waals surface area contributed by atoms with E-state index in [1.54, 1.807) is 12.1 Å². The minimum absolute atomic E-state index is 0.0878. The highest BCUT2D eigenvalue weighted by Crippen LogP contribution is 2.55. The van der Waals surface area contributed by atoms with Crippen LogP contribution >= 0.6 is 0 Å². The fourth-order valence-electron chi connectivity index (χ4n) is 4.87. The van der Waals surface area contributed by atoms with Crippen molar-refractivity contribution in [1.82, 2.24) is 0 Å². The van der Waals surface area contributed by atoms with Gasteiger partial charge in [0.2, 0.25) is 6.79 Å². The van der Waals surface area contributed by atoms with E-state index in [2.05, 4.69) is 12.1 Å². The first-order valence-corrected chi connectivity index (χ1v) is 9.39. The van der Waals surface area contributed by atoms with Gasteiger partial charge in [-0.2, -0.15) is 10.5 Å². The number of rotatable bonds is 2. The minimum atomic E-state index is -1.42. The van der Waals surface area contributed by atoms with E-state index in [4.69, 9.17) is 9.47 Å². The zero-order chi connectivity index (χ0) is 20.2. The molecule has 6 heteroatoms. The Morgan fingerprint density at radius 3 is 2.66 bits per heavy atom. The Bertz CT molecular complexity index is 1130. The number of ketones is 1. The fourth-order valence-corrected chi connectivity index (χ4v) is 4.87. The molecule has 0 spiro atoms. The molecule has 0 radical (unpaired) electrons. The Balaban J connectivity index is 1.75. The summed E-state index contributed by atoms with van der Waals surface area (Å²) in [7, 11) is 0. The Morgan fingerprint density at radius 1 is 1.14 bits per heavy atom. The predicted octanol–water partition coefficient (Wildman–Crippen LogP) is 3.41. The van der Waals surface area contributed by atoms with Gasteiger partial charge in [-0.05, 0) is 36.2 Å². The van der Waals surface area contributed by atoms with Crippen LogP contribution in [0.5, 0.6) is 11.5 Å². The number of hydrogen-bond donors (Lipinski definition) is 0. The van der Waals surface area contributed by atoms with Crippen molar-refractivity contribution < 1.29 is 14.3 Å². The molecule has 142 valence electrons. The molecule has 0 bridgehead atoms. The maximum Gasteiger partial charge on any atom is 0.231 e. The highest BCUT2D eigenvalue weighted by molar-refractivity contribution is 5.91. The first-order chi connectivity index (χ1) is 14.1. The van der Waals surface area contributed by atoms with Crippen LogP contribution in [0.15, 0.2) is 48.5 Å². The molecule has 2 aromatic carbocycles. The first-order valence-electron chi connectivity index (χ1n) is 9.39. The number of carbonyl (C=O) groups excluding carboxylic acids is 1. The van der Waals surface area contributed by atoms with Gasteiger partial charge in [0.15, 0.2) is 22.7 Å². The predicted molar refractivity (Wildman–Crippen MR) is 105 cm³/mol. The lowest BCUT2D eigenvalue weighted by Gasteiger charge is -2.35. The molecule has 1 saturated heterocycles. The number of para-hydroxylation sites is 1. The maximum atomic E-state index is 12.9. The summed E-state index contributed by atoms with van der Waals surface area (Å²) >= 11 is 0. The standard InChI is InChI=1S/C23H17N3O3/c1-14(27)22-21(16-6-8-18-19(10-16)29-13-28-18)23(11-24,12-25)20-9-7-15-4-2-3-5-17(15)26(20)22/h2-10,20-22H,13H2,1H3/t20-,21+,22+/m0/s1. The number of carbonyl (C=O) groups is 1. The quantitative estimate of drug-likeness (QED) is 0.790. The second kappa shape index (κ2) is 6.12. The molecule has 1 fully saturated rings. The average Bonchev–Trinajstić information content (AvgIpc) is 3.33. The Kier molecular flexibility index (Phi) is 3.66. The molecule has 6 nitrogen and oxygen atoms in total. The summed E-state index contributed by atoms with van der Waals surface area (Å²) < 4.78 is 10.9. The zero-order valence-corrected chi connectivity index (χ0v) is 15.7. The van der Waals surface area contributed by atoms with Gasteiger partial charge in [-0.1, -0.05) is 36.4 Å². The molecule has 0 N–H and O–H groups in total. The number of hydrogen-bond acceptors (Lipinski definition) is 6. The van der Waals surface area contributed by atoms with Crippen LogP contribution in [0.2, 0.25) is 0 Å². The lowest BCUT2D eigenvalue weighted by atomic mass is 9.69. The number of Topliss-reactive ketones (excluding diaryl/α,β-unsaturated/α-hetero) is 1. The SMILES string of the molecule is CC(=O)[C@@H]1[C@@H](c2ccc3c(c2)OCO3)C(C#N)(C#N)[C@@H]2C=Cc3ccccc3N12. The minimum Gasteiger partial charge on any atom is -0.454 e. The summed E-state index contributed by atoms with van der Waals surface area (Å²) in [4.78, 5) is 14.9. The molecule has 3 atom stereocenters. The monoisotopic (exact) mass is 383 g/mol. The van der Waals surface area contributed by atoms with E-state index in [0.29, 0.717) is 11.5 Å². The van der Waals surface area contributed by atoms with E-state index < -0.39 is 23.4 Å². The van der Waals surface area contributed by atoms with E-state index in [-0.39, 0.29) is 12.6 Å². The molecule has 0 aromatic heterocycles. The van der Waals surface area contributed by atoms with Crippen molar-refractivity contribution in [3.8, 4) is 23.6 Å². The van der Waals surface area contributed by atoms with Crippen molar-refractivity contribution in [3.63, 3.8) is 0 Å². The van der Waals surface area contributed by atoms with Gasteiger partial charge in [0, 0.05) is 11.6 Å². The summed E-state index contributed by atoms with van der Waals surface area (Å²) in [5.74, 6) is 0.462. The van der Waals surface area contributed by atoms with E-state index in [1.165, 1.54) is 6.92 Å². The summed E-state index contributed by atoms with van der Waals surface area (Å²) in [6, 6.07) is 16.5. The van der Waals surface area contributed by atoms with Crippen molar-refractivity contribution in [3.05, 3.63) is 59.7 Å². The summed E-state index contributed by atoms with van der Waals surface area (Å²) in [5, 5.41) is 20.5. The van der Waals surface area contributed by atoms with E-state index in [0.717, 1.165) is 16.8 Å². The molecular formula is C23H17N3O3. The maximum absolute atomic E-state index is 12.9. The van der Waals surface area contributed by atoms with Crippen LogP contribution in [0.3, 0.4) is 0 Å². The third-order valence-electron chi connectivity index (χ3n) is 6.09. The van der Waals surface area contributed by atoms with Crippen molar-refractivity contribution >= 4 is 17.5 Å². The number of anilines is 1. The summed E-state index contributed by atoms with van der Waals surface area (Å²) in [6.45, 7) is 1.65. The summed E-state index contributed by atoms with van der Waals surface area (Å²) in [5.41, 5.74) is 1.12. The number of benzene rings is 2. The molecule has 5 rings (SSSR count). The van der Waals surface area contributed by atoms with Crippen LogP contribution in [0.1, 0.15) is 24.0 Å². The van der Waals surface area contributed by atoms with Crippen molar-refractivity contribution in [2.24, 2.45) is 5.41 Å². The van der Waals surface area contributed by atoms with Crippen molar-refractivity contribution in [2.45, 2.75) is 24.9 Å². The van der Waals surface area contributed by atoms with Gasteiger partial charge in [0.1, 0.15) is 0 Å². The normalized spacial score (nSPS) is 24.9. The molecule has 3 aliphatic heterocycles. The lowest BCUT2D eigenvalue weighted by molar-refractivity contribution is -0.118. The topological polar surface area (TPSA) is 86.3 Å². The van der Waals surface area contributed by atoms with Crippen LogP contribution < -0.4 is 14.4 Å². The van der Waals surface area contributed by atoms with Crippen LogP contribution in [0.25, 0.3) is 6.08 Å². The molecule has 29 heavy (non-hydrogen) atoms. The van der Waals surface area contributed by atoms with Crippen LogP contribution in [0.4, 0.5) is 5.69 Å². The molecule has 3 aliphatic rings. The van der Waals surface area contributed by atoms with Gasteiger partial charge in [-0.3, -0.25) is 4.79 Å². The molecule has 0 aliphatic carbocycles. The molecule has 2 aromatic rings. The number of ether oxygens (including phenoxy) is 2. The molecule has 3 heterocycles. The third kappa shape index (κ3) is 2.23. The second-order valence-corrected chi connectivity index (χ2v) is 7.51. The number of fused-ring (bicyclic) bond motifs is 4. The van der Waals surface area contributed by atoms with Crippen molar-refractivity contribution in [2.75, 3.05) is 11.7 Å². The molecule has 0 saturated carbocycles. The average molecular weight is 383 g/mol. The first kappa shape index (κ1) is 17.3. The van der Waals surface area contributed by atoms with Gasteiger partial charge in [-0.15, -0.1) is 0 Å². The van der Waals surface area contributed by atoms with Crippen LogP contribution in [-0.4, -0.2) is 24.7 Å². The fraction of sp³-hybridized carbons (Fsp3) is 0.261. The van der Waals surface area contributed by atoms with E-state index >= 15 is 0 Å². The Labute approximate surface area is 168 Å². The van der Waals surface area contributed by atoms with Gasteiger partial charge in [0.25, 0.3) is 0 Å². The highest BCUT2D eigenvalue weighted by Gasteiger charge is 2.62. The zero-order valence-electron chi connectivity index (χ0n) is 15.7. The Hall–Kier alpha value is -3.77. The van der Waals surface area contributed by atoms with Gasteiger partial charge in [0.05, 0.1) is 24.2 Å². The lowest BCUT2D eigenvalue weighted by Crippen LogP contribution is -2.43. The van der Waals surface area contributed by atoms with Gasteiger partial charge < -0.3 is 14.4 Å².